The van der Waals surface area contributed by atoms with Gasteiger partial charge in [0.25, 0.3) is 0 Å². The molecule has 0 saturated carbocycles. The SMILES string of the molecule is Cc1cc(COC/C=C/CO)ccc1F. The van der Waals surface area contributed by atoms with E-state index in [1.165, 1.54) is 6.07 Å². The van der Waals surface area contributed by atoms with Crippen LogP contribution >= 0.6 is 0 Å². The zero-order valence-corrected chi connectivity index (χ0v) is 8.74. The Labute approximate surface area is 89.0 Å². The molecule has 3 heteroatoms. The number of aliphatic hydroxyl groups is 1. The molecule has 0 aliphatic rings. The zero-order chi connectivity index (χ0) is 11.1. The van der Waals surface area contributed by atoms with Crippen molar-refractivity contribution in [1.29, 1.82) is 0 Å². The molecule has 1 aromatic carbocycles. The number of aryl methyl sites for hydroxylation is 1. The standard InChI is InChI=1S/C12H15FO2/c1-10-8-11(4-5-12(10)13)9-15-7-3-2-6-14/h2-5,8,14H,6-7,9H2,1H3/b3-2+. The maximum atomic E-state index is 12.9. The maximum Gasteiger partial charge on any atom is 0.126 e. The molecule has 0 spiro atoms. The molecule has 0 aromatic heterocycles. The van der Waals surface area contributed by atoms with Crippen molar-refractivity contribution >= 4 is 0 Å². The van der Waals surface area contributed by atoms with Crippen LogP contribution < -0.4 is 0 Å². The van der Waals surface area contributed by atoms with Gasteiger partial charge in [-0.25, -0.2) is 4.39 Å². The van der Waals surface area contributed by atoms with Gasteiger partial charge in [0, 0.05) is 0 Å². The number of rotatable bonds is 5. The molecule has 1 N–H and O–H groups in total. The summed E-state index contributed by atoms with van der Waals surface area (Å²) in [6.45, 7) is 2.66. The zero-order valence-electron chi connectivity index (χ0n) is 8.74. The number of hydrogen-bond acceptors (Lipinski definition) is 2. The number of hydrogen-bond donors (Lipinski definition) is 1. The van der Waals surface area contributed by atoms with Crippen LogP contribution in [0.2, 0.25) is 0 Å². The molecular weight excluding hydrogens is 195 g/mol. The van der Waals surface area contributed by atoms with Gasteiger partial charge in [-0.15, -0.1) is 0 Å². The van der Waals surface area contributed by atoms with Crippen molar-refractivity contribution in [2.75, 3.05) is 13.2 Å². The van der Waals surface area contributed by atoms with Crippen LogP contribution in [0.1, 0.15) is 11.1 Å². The minimum Gasteiger partial charge on any atom is -0.392 e. The Hall–Kier alpha value is -1.19. The Balaban J connectivity index is 2.38. The van der Waals surface area contributed by atoms with Crippen molar-refractivity contribution in [3.8, 4) is 0 Å². The second-order valence-corrected chi connectivity index (χ2v) is 3.25. The predicted octanol–water partition coefficient (Wildman–Crippen LogP) is 2.20. The highest BCUT2D eigenvalue weighted by molar-refractivity contribution is 5.23. The third-order valence-corrected chi connectivity index (χ3v) is 1.98. The van der Waals surface area contributed by atoms with Crippen LogP contribution in [0.5, 0.6) is 0 Å². The first-order valence-corrected chi connectivity index (χ1v) is 4.82. The number of benzene rings is 1. The molecule has 0 heterocycles. The van der Waals surface area contributed by atoms with Crippen molar-refractivity contribution in [1.82, 2.24) is 0 Å². The van der Waals surface area contributed by atoms with Gasteiger partial charge in [-0.1, -0.05) is 24.3 Å². The second kappa shape index (κ2) is 6.32. The average Bonchev–Trinajstić information content (AvgIpc) is 2.23. The van der Waals surface area contributed by atoms with Crippen molar-refractivity contribution in [2.45, 2.75) is 13.5 Å². The van der Waals surface area contributed by atoms with Gasteiger partial charge >= 0.3 is 0 Å². The normalized spacial score (nSPS) is 11.1. The van der Waals surface area contributed by atoms with Gasteiger partial charge in [-0.3, -0.25) is 0 Å². The Morgan fingerprint density at radius 2 is 2.20 bits per heavy atom. The number of ether oxygens (including phenoxy) is 1. The van der Waals surface area contributed by atoms with Gasteiger partial charge < -0.3 is 9.84 Å². The molecule has 0 radical (unpaired) electrons. The maximum absolute atomic E-state index is 12.9. The first-order valence-electron chi connectivity index (χ1n) is 4.82. The summed E-state index contributed by atoms with van der Waals surface area (Å²) in [4.78, 5) is 0. The molecule has 15 heavy (non-hydrogen) atoms. The van der Waals surface area contributed by atoms with E-state index >= 15 is 0 Å². The lowest BCUT2D eigenvalue weighted by molar-refractivity contribution is 0.148. The van der Waals surface area contributed by atoms with Crippen molar-refractivity contribution < 1.29 is 14.2 Å². The van der Waals surface area contributed by atoms with Gasteiger partial charge in [0.15, 0.2) is 0 Å². The number of aliphatic hydroxyl groups excluding tert-OH is 1. The molecule has 0 atom stereocenters. The summed E-state index contributed by atoms with van der Waals surface area (Å²) in [5.41, 5.74) is 1.58. The molecule has 0 bridgehead atoms. The van der Waals surface area contributed by atoms with E-state index in [1.807, 2.05) is 0 Å². The smallest absolute Gasteiger partial charge is 0.126 e. The summed E-state index contributed by atoms with van der Waals surface area (Å²) in [5, 5.41) is 8.47. The lowest BCUT2D eigenvalue weighted by atomic mass is 10.1. The van der Waals surface area contributed by atoms with Crippen molar-refractivity contribution in [2.24, 2.45) is 0 Å². The first-order chi connectivity index (χ1) is 7.24. The Morgan fingerprint density at radius 3 is 2.87 bits per heavy atom. The van der Waals surface area contributed by atoms with Crippen LogP contribution in [-0.4, -0.2) is 18.3 Å². The molecule has 0 saturated heterocycles. The summed E-state index contributed by atoms with van der Waals surface area (Å²) in [7, 11) is 0. The minimum atomic E-state index is -0.195. The summed E-state index contributed by atoms with van der Waals surface area (Å²) >= 11 is 0. The Kier molecular flexibility index (Phi) is 5.01. The van der Waals surface area contributed by atoms with Gasteiger partial charge in [0.05, 0.1) is 19.8 Å². The topological polar surface area (TPSA) is 29.5 Å². The molecule has 0 fully saturated rings. The highest BCUT2D eigenvalue weighted by atomic mass is 19.1. The molecule has 0 aliphatic carbocycles. The van der Waals surface area contributed by atoms with E-state index in [9.17, 15) is 4.39 Å². The van der Waals surface area contributed by atoms with E-state index in [4.69, 9.17) is 9.84 Å². The van der Waals surface area contributed by atoms with Crippen molar-refractivity contribution in [3.63, 3.8) is 0 Å². The highest BCUT2D eigenvalue weighted by Gasteiger charge is 1.98. The molecule has 0 amide bonds. The average molecular weight is 210 g/mol. The van der Waals surface area contributed by atoms with Crippen LogP contribution in [0.25, 0.3) is 0 Å². The van der Waals surface area contributed by atoms with E-state index < -0.39 is 0 Å². The molecule has 2 nitrogen and oxygen atoms in total. The van der Waals surface area contributed by atoms with E-state index in [0.717, 1.165) is 5.56 Å². The molecule has 82 valence electrons. The predicted molar refractivity (Wildman–Crippen MR) is 57.0 cm³/mol. The number of halogens is 1. The van der Waals surface area contributed by atoms with Crippen LogP contribution in [0.3, 0.4) is 0 Å². The quantitative estimate of drug-likeness (QED) is 0.596. The molecule has 1 rings (SSSR count). The van der Waals surface area contributed by atoms with E-state index in [2.05, 4.69) is 0 Å². The van der Waals surface area contributed by atoms with Gasteiger partial charge in [0.2, 0.25) is 0 Å². The van der Waals surface area contributed by atoms with Gasteiger partial charge in [-0.05, 0) is 24.1 Å². The van der Waals surface area contributed by atoms with Gasteiger partial charge in [0.1, 0.15) is 5.82 Å². The van der Waals surface area contributed by atoms with E-state index in [0.29, 0.717) is 18.8 Å². The Bertz CT molecular complexity index is 334. The lowest BCUT2D eigenvalue weighted by Gasteiger charge is -2.03. The van der Waals surface area contributed by atoms with E-state index in [-0.39, 0.29) is 12.4 Å². The summed E-state index contributed by atoms with van der Waals surface area (Å²) in [5.74, 6) is -0.195. The summed E-state index contributed by atoms with van der Waals surface area (Å²) in [6.07, 6.45) is 3.37. The van der Waals surface area contributed by atoms with Crippen LogP contribution in [0, 0.1) is 12.7 Å². The summed E-state index contributed by atoms with van der Waals surface area (Å²) in [6, 6.07) is 4.92. The first kappa shape index (κ1) is 11.9. The van der Waals surface area contributed by atoms with Gasteiger partial charge in [-0.2, -0.15) is 0 Å². The third-order valence-electron chi connectivity index (χ3n) is 1.98. The third kappa shape index (κ3) is 4.23. The largest absolute Gasteiger partial charge is 0.392 e. The van der Waals surface area contributed by atoms with Crippen molar-refractivity contribution in [3.05, 3.63) is 47.3 Å². The molecular formula is C12H15FO2. The molecule has 1 aromatic rings. The lowest BCUT2D eigenvalue weighted by Crippen LogP contribution is -1.94. The fourth-order valence-electron chi connectivity index (χ4n) is 1.18. The fourth-order valence-corrected chi connectivity index (χ4v) is 1.18. The molecule has 0 unspecified atom stereocenters. The summed E-state index contributed by atoms with van der Waals surface area (Å²) < 4.78 is 18.2. The second-order valence-electron chi connectivity index (χ2n) is 3.25. The molecule has 0 aliphatic heterocycles. The minimum absolute atomic E-state index is 0.0268. The van der Waals surface area contributed by atoms with Crippen LogP contribution in [0.15, 0.2) is 30.4 Å². The fraction of sp³-hybridized carbons (Fsp3) is 0.333. The Morgan fingerprint density at radius 1 is 1.40 bits per heavy atom. The highest BCUT2D eigenvalue weighted by Crippen LogP contribution is 2.09. The van der Waals surface area contributed by atoms with Crippen LogP contribution in [0.4, 0.5) is 4.39 Å². The monoisotopic (exact) mass is 210 g/mol. The van der Waals surface area contributed by atoms with E-state index in [1.54, 1.807) is 31.2 Å². The van der Waals surface area contributed by atoms with Crippen LogP contribution in [-0.2, 0) is 11.3 Å².